The van der Waals surface area contributed by atoms with Crippen molar-refractivity contribution in [3.05, 3.63) is 29.8 Å². The van der Waals surface area contributed by atoms with Crippen LogP contribution in [0, 0.1) is 11.8 Å². The van der Waals surface area contributed by atoms with Crippen LogP contribution < -0.4 is 5.73 Å². The summed E-state index contributed by atoms with van der Waals surface area (Å²) in [6.45, 7) is 0. The predicted octanol–water partition coefficient (Wildman–Crippen LogP) is 2.13. The van der Waals surface area contributed by atoms with Gasteiger partial charge in [-0.3, -0.25) is 4.79 Å². The fourth-order valence-corrected chi connectivity index (χ4v) is 2.38. The van der Waals surface area contributed by atoms with Crippen LogP contribution in [0.1, 0.15) is 18.0 Å². The molecular weight excluding hydrogens is 222 g/mol. The van der Waals surface area contributed by atoms with E-state index in [0.29, 0.717) is 6.42 Å². The van der Waals surface area contributed by atoms with Gasteiger partial charge in [-0.25, -0.2) is 0 Å². The monoisotopic (exact) mass is 237 g/mol. The maximum Gasteiger partial charge on any atom is 0.306 e. The number of nitrogens with two attached hydrogens (primary N) is 1. The number of hydrogen-bond acceptors (Lipinski definition) is 3. The van der Waals surface area contributed by atoms with Crippen molar-refractivity contribution in [2.24, 2.45) is 17.6 Å². The topological polar surface area (TPSA) is 63.3 Å². The molecule has 0 saturated heterocycles. The summed E-state index contributed by atoms with van der Waals surface area (Å²) < 4.78 is 0. The fraction of sp³-hybridized carbons (Fsp3) is 0.417. The molecule has 1 saturated carbocycles. The Hall–Kier alpha value is -1.00. The van der Waals surface area contributed by atoms with Crippen LogP contribution in [-0.2, 0) is 4.79 Å². The summed E-state index contributed by atoms with van der Waals surface area (Å²) >= 11 is 1.68. The number of thioether (sulfide) groups is 1. The SMILES string of the molecule is CSc1ccc(C(N)C2CC2C(=O)O)cc1. The van der Waals surface area contributed by atoms with Crippen molar-refractivity contribution in [3.8, 4) is 0 Å². The van der Waals surface area contributed by atoms with Crippen LogP contribution in [0.15, 0.2) is 29.2 Å². The van der Waals surface area contributed by atoms with Gasteiger partial charge in [0.2, 0.25) is 0 Å². The standard InChI is InChI=1S/C12H15NO2S/c1-16-8-4-2-7(3-5-8)11(13)9-6-10(9)12(14)15/h2-5,9-11H,6,13H2,1H3,(H,14,15). The highest BCUT2D eigenvalue weighted by molar-refractivity contribution is 7.98. The van der Waals surface area contributed by atoms with E-state index in [2.05, 4.69) is 0 Å². The molecule has 0 aliphatic heterocycles. The normalized spacial score (nSPS) is 25.1. The predicted molar refractivity (Wildman–Crippen MR) is 64.4 cm³/mol. The van der Waals surface area contributed by atoms with Crippen molar-refractivity contribution in [2.75, 3.05) is 6.26 Å². The third-order valence-electron chi connectivity index (χ3n) is 3.12. The highest BCUT2D eigenvalue weighted by Crippen LogP contribution is 2.46. The van der Waals surface area contributed by atoms with E-state index < -0.39 is 5.97 Å². The van der Waals surface area contributed by atoms with E-state index in [4.69, 9.17) is 10.8 Å². The van der Waals surface area contributed by atoms with Crippen LogP contribution >= 0.6 is 11.8 Å². The smallest absolute Gasteiger partial charge is 0.306 e. The number of hydrogen-bond donors (Lipinski definition) is 2. The molecule has 3 nitrogen and oxygen atoms in total. The second-order valence-electron chi connectivity index (χ2n) is 4.14. The van der Waals surface area contributed by atoms with E-state index in [1.165, 1.54) is 4.90 Å². The van der Waals surface area contributed by atoms with Crippen molar-refractivity contribution < 1.29 is 9.90 Å². The van der Waals surface area contributed by atoms with E-state index >= 15 is 0 Å². The summed E-state index contributed by atoms with van der Waals surface area (Å²) in [4.78, 5) is 11.9. The molecule has 0 spiro atoms. The molecule has 0 aromatic heterocycles. The zero-order valence-electron chi connectivity index (χ0n) is 9.09. The fourth-order valence-electron chi connectivity index (χ4n) is 1.97. The molecule has 0 heterocycles. The zero-order chi connectivity index (χ0) is 11.7. The molecule has 3 atom stereocenters. The van der Waals surface area contributed by atoms with Crippen molar-refractivity contribution in [1.82, 2.24) is 0 Å². The van der Waals surface area contributed by atoms with Crippen molar-refractivity contribution in [2.45, 2.75) is 17.4 Å². The molecule has 86 valence electrons. The summed E-state index contributed by atoms with van der Waals surface area (Å²) in [6.07, 6.45) is 2.73. The number of rotatable bonds is 4. The molecule has 0 radical (unpaired) electrons. The highest BCUT2D eigenvalue weighted by atomic mass is 32.2. The average Bonchev–Trinajstić information content (AvgIpc) is 3.08. The van der Waals surface area contributed by atoms with Gasteiger partial charge in [-0.2, -0.15) is 0 Å². The van der Waals surface area contributed by atoms with Gasteiger partial charge in [-0.05, 0) is 36.3 Å². The third-order valence-corrected chi connectivity index (χ3v) is 3.86. The number of carboxylic acid groups (broad SMARTS) is 1. The largest absolute Gasteiger partial charge is 0.481 e. The Balaban J connectivity index is 2.04. The van der Waals surface area contributed by atoms with E-state index in [0.717, 1.165) is 5.56 Å². The summed E-state index contributed by atoms with van der Waals surface area (Å²) in [5.41, 5.74) is 7.08. The molecule has 16 heavy (non-hydrogen) atoms. The Morgan fingerprint density at radius 2 is 2.12 bits per heavy atom. The highest BCUT2D eigenvalue weighted by Gasteiger charge is 2.47. The maximum absolute atomic E-state index is 10.7. The number of carbonyl (C=O) groups is 1. The first-order chi connectivity index (χ1) is 7.63. The summed E-state index contributed by atoms with van der Waals surface area (Å²) in [5.74, 6) is -0.853. The number of benzene rings is 1. The van der Waals surface area contributed by atoms with E-state index in [1.54, 1.807) is 11.8 Å². The molecule has 3 N–H and O–H groups in total. The lowest BCUT2D eigenvalue weighted by atomic mass is 10.0. The maximum atomic E-state index is 10.7. The van der Waals surface area contributed by atoms with Crippen LogP contribution in [0.5, 0.6) is 0 Å². The lowest BCUT2D eigenvalue weighted by Crippen LogP contribution is -2.15. The summed E-state index contributed by atoms with van der Waals surface area (Å²) in [6, 6.07) is 7.90. The average molecular weight is 237 g/mol. The molecule has 2 rings (SSSR count). The number of carboxylic acids is 1. The first kappa shape index (κ1) is 11.5. The Labute approximate surface area is 99.0 Å². The van der Waals surface area contributed by atoms with Crippen LogP contribution in [0.25, 0.3) is 0 Å². The molecule has 1 fully saturated rings. The second kappa shape index (κ2) is 4.47. The van der Waals surface area contributed by atoms with Crippen LogP contribution in [-0.4, -0.2) is 17.3 Å². The molecule has 0 bridgehead atoms. The van der Waals surface area contributed by atoms with Crippen molar-refractivity contribution >= 4 is 17.7 Å². The Kier molecular flexibility index (Phi) is 3.21. The molecule has 0 amide bonds. The van der Waals surface area contributed by atoms with Gasteiger partial charge < -0.3 is 10.8 Å². The lowest BCUT2D eigenvalue weighted by molar-refractivity contribution is -0.138. The molecule has 1 aliphatic rings. The van der Waals surface area contributed by atoms with Crippen LogP contribution in [0.4, 0.5) is 0 Å². The van der Waals surface area contributed by atoms with Crippen molar-refractivity contribution in [3.63, 3.8) is 0 Å². The summed E-state index contributed by atoms with van der Waals surface area (Å²) in [7, 11) is 0. The summed E-state index contributed by atoms with van der Waals surface area (Å²) in [5, 5.41) is 8.84. The minimum Gasteiger partial charge on any atom is -0.481 e. The molecule has 3 unspecified atom stereocenters. The molecule has 1 aromatic rings. The van der Waals surface area contributed by atoms with Gasteiger partial charge >= 0.3 is 5.97 Å². The molecular formula is C12H15NO2S. The minimum absolute atomic E-state index is 0.109. The Bertz CT molecular complexity index is 391. The molecule has 1 aliphatic carbocycles. The van der Waals surface area contributed by atoms with Gasteiger partial charge in [0.05, 0.1) is 5.92 Å². The second-order valence-corrected chi connectivity index (χ2v) is 5.02. The van der Waals surface area contributed by atoms with Gasteiger partial charge in [0.25, 0.3) is 0 Å². The molecule has 4 heteroatoms. The Morgan fingerprint density at radius 1 is 1.50 bits per heavy atom. The molecule has 1 aromatic carbocycles. The van der Waals surface area contributed by atoms with Gasteiger partial charge in [-0.15, -0.1) is 11.8 Å². The van der Waals surface area contributed by atoms with Gasteiger partial charge in [0, 0.05) is 10.9 Å². The first-order valence-electron chi connectivity index (χ1n) is 5.26. The Morgan fingerprint density at radius 3 is 2.56 bits per heavy atom. The third kappa shape index (κ3) is 2.23. The van der Waals surface area contributed by atoms with Crippen LogP contribution in [0.3, 0.4) is 0 Å². The van der Waals surface area contributed by atoms with Gasteiger partial charge in [-0.1, -0.05) is 12.1 Å². The van der Waals surface area contributed by atoms with Gasteiger partial charge in [0.1, 0.15) is 0 Å². The van der Waals surface area contributed by atoms with Crippen LogP contribution in [0.2, 0.25) is 0 Å². The van der Waals surface area contributed by atoms with E-state index in [9.17, 15) is 4.79 Å². The minimum atomic E-state index is -0.721. The van der Waals surface area contributed by atoms with Crippen molar-refractivity contribution in [1.29, 1.82) is 0 Å². The van der Waals surface area contributed by atoms with E-state index in [-0.39, 0.29) is 17.9 Å². The number of aliphatic carboxylic acids is 1. The van der Waals surface area contributed by atoms with E-state index in [1.807, 2.05) is 30.5 Å². The quantitative estimate of drug-likeness (QED) is 0.787. The first-order valence-corrected chi connectivity index (χ1v) is 6.48. The van der Waals surface area contributed by atoms with Gasteiger partial charge in [0.15, 0.2) is 0 Å². The zero-order valence-corrected chi connectivity index (χ0v) is 9.91. The lowest BCUT2D eigenvalue weighted by Gasteiger charge is -2.11.